The van der Waals surface area contributed by atoms with Crippen molar-refractivity contribution in [2.45, 2.75) is 17.4 Å². The summed E-state index contributed by atoms with van der Waals surface area (Å²) in [5.41, 5.74) is -0.204. The van der Waals surface area contributed by atoms with E-state index in [0.29, 0.717) is 6.61 Å². The summed E-state index contributed by atoms with van der Waals surface area (Å²) in [5.74, 6) is -1.16. The van der Waals surface area contributed by atoms with Crippen molar-refractivity contribution >= 4 is 16.0 Å². The summed E-state index contributed by atoms with van der Waals surface area (Å²) in [7, 11) is -3.72. The molecular weight excluding hydrogens is 296 g/mol. The second-order valence-corrected chi connectivity index (χ2v) is 6.42. The number of hydrogen-bond acceptors (Lipinski definition) is 5. The molecule has 0 unspecified atom stereocenters. The monoisotopic (exact) mass is 312 g/mol. The molecule has 2 atom stereocenters. The van der Waals surface area contributed by atoms with Crippen molar-refractivity contribution < 1.29 is 23.1 Å². The number of carbonyl (C=O) groups is 1. The second-order valence-electron chi connectivity index (χ2n) is 4.66. The molecule has 0 amide bonds. The fourth-order valence-electron chi connectivity index (χ4n) is 2.10. The predicted octanol–water partition coefficient (Wildman–Crippen LogP) is 0.649. The van der Waals surface area contributed by atoms with Gasteiger partial charge >= 0.3 is 5.97 Å². The highest BCUT2D eigenvalue weighted by Crippen LogP contribution is 2.21. The Labute approximate surface area is 122 Å². The van der Waals surface area contributed by atoms with Crippen LogP contribution in [-0.4, -0.2) is 43.7 Å². The topological polar surface area (TPSA) is 106 Å². The maximum absolute atomic E-state index is 12.1. The minimum Gasteiger partial charge on any atom is -0.477 e. The van der Waals surface area contributed by atoms with Crippen LogP contribution in [0.4, 0.5) is 0 Å². The molecule has 1 fully saturated rings. The van der Waals surface area contributed by atoms with Crippen molar-refractivity contribution in [3.63, 3.8) is 0 Å². The van der Waals surface area contributed by atoms with Crippen LogP contribution in [-0.2, 0) is 14.8 Å². The largest absolute Gasteiger partial charge is 0.477 e. The first-order chi connectivity index (χ1) is 9.94. The average molecular weight is 312 g/mol. The highest BCUT2D eigenvalue weighted by atomic mass is 32.2. The normalized spacial score (nSPS) is 22.1. The van der Waals surface area contributed by atoms with Gasteiger partial charge in [0.05, 0.1) is 6.10 Å². The number of nitrogens with zero attached hydrogens (tertiary/aromatic N) is 1. The lowest BCUT2D eigenvalue weighted by Crippen LogP contribution is -2.32. The second kappa shape index (κ2) is 6.33. The van der Waals surface area contributed by atoms with E-state index >= 15 is 0 Å². The molecule has 1 aromatic rings. The number of ether oxygens (including phenoxy) is 1. The minimum absolute atomic E-state index is 0.0449. The summed E-state index contributed by atoms with van der Waals surface area (Å²) in [6, 6.07) is 2.37. The summed E-state index contributed by atoms with van der Waals surface area (Å²) in [6.07, 6.45) is 3.30. The van der Waals surface area contributed by atoms with Crippen LogP contribution in [0.5, 0.6) is 0 Å². The number of aromatic nitrogens is 1. The third-order valence-corrected chi connectivity index (χ3v) is 4.71. The zero-order chi connectivity index (χ0) is 15.5. The molecule has 2 N–H and O–H groups in total. The molecular formula is C13H16N2O5S. The van der Waals surface area contributed by atoms with Crippen LogP contribution in [0.2, 0.25) is 0 Å². The number of rotatable bonds is 6. The highest BCUT2D eigenvalue weighted by Gasteiger charge is 2.27. The Bertz CT molecular complexity index is 626. The molecule has 0 aromatic carbocycles. The van der Waals surface area contributed by atoms with Crippen LogP contribution < -0.4 is 4.72 Å². The Morgan fingerprint density at radius 2 is 2.33 bits per heavy atom. The Hall–Kier alpha value is -1.77. The van der Waals surface area contributed by atoms with Crippen LogP contribution >= 0.6 is 0 Å². The maximum atomic E-state index is 12.1. The number of hydrogen-bond donors (Lipinski definition) is 2. The van der Waals surface area contributed by atoms with Gasteiger partial charge in [-0.1, -0.05) is 6.08 Å². The first-order valence-corrected chi connectivity index (χ1v) is 7.85. The molecule has 114 valence electrons. The zero-order valence-electron chi connectivity index (χ0n) is 11.2. The smallest absolute Gasteiger partial charge is 0.354 e. The van der Waals surface area contributed by atoms with Crippen LogP contribution in [0.1, 0.15) is 16.9 Å². The Balaban J connectivity index is 2.04. The first-order valence-electron chi connectivity index (χ1n) is 6.37. The van der Waals surface area contributed by atoms with E-state index in [-0.39, 0.29) is 29.2 Å². The molecule has 21 heavy (non-hydrogen) atoms. The highest BCUT2D eigenvalue weighted by molar-refractivity contribution is 7.89. The summed E-state index contributed by atoms with van der Waals surface area (Å²) in [4.78, 5) is 14.2. The number of carboxylic acid groups (broad SMARTS) is 1. The number of carboxylic acids is 1. The molecule has 2 heterocycles. The van der Waals surface area contributed by atoms with Gasteiger partial charge in [0.15, 0.2) is 0 Å². The number of sulfonamides is 1. The summed E-state index contributed by atoms with van der Waals surface area (Å²) in [5, 5.41) is 8.73. The van der Waals surface area contributed by atoms with E-state index in [4.69, 9.17) is 9.84 Å². The van der Waals surface area contributed by atoms with Crippen molar-refractivity contribution in [3.05, 3.63) is 36.7 Å². The zero-order valence-corrected chi connectivity index (χ0v) is 12.0. The van der Waals surface area contributed by atoms with Gasteiger partial charge in [-0.25, -0.2) is 22.9 Å². The van der Waals surface area contributed by atoms with E-state index in [0.717, 1.165) is 18.7 Å². The van der Waals surface area contributed by atoms with Gasteiger partial charge in [0.2, 0.25) is 10.0 Å². The molecule has 0 aliphatic carbocycles. The lowest BCUT2D eigenvalue weighted by Gasteiger charge is -2.15. The Kier molecular flexibility index (Phi) is 4.71. The molecule has 1 aromatic heterocycles. The fraction of sp³-hybridized carbons (Fsp3) is 0.385. The number of aromatic carboxylic acids is 1. The Morgan fingerprint density at radius 1 is 1.57 bits per heavy atom. The maximum Gasteiger partial charge on any atom is 0.354 e. The van der Waals surface area contributed by atoms with Crippen LogP contribution in [0, 0.1) is 5.92 Å². The fourth-order valence-corrected chi connectivity index (χ4v) is 3.14. The van der Waals surface area contributed by atoms with Crippen molar-refractivity contribution in [3.8, 4) is 0 Å². The van der Waals surface area contributed by atoms with E-state index in [2.05, 4.69) is 16.3 Å². The van der Waals surface area contributed by atoms with Crippen molar-refractivity contribution in [1.82, 2.24) is 9.71 Å². The quantitative estimate of drug-likeness (QED) is 0.747. The molecule has 0 saturated carbocycles. The van der Waals surface area contributed by atoms with Gasteiger partial charge in [0, 0.05) is 25.3 Å². The molecule has 1 saturated heterocycles. The van der Waals surface area contributed by atoms with E-state index in [1.165, 1.54) is 6.07 Å². The first kappa shape index (κ1) is 15.6. The van der Waals surface area contributed by atoms with Crippen LogP contribution in [0.15, 0.2) is 35.9 Å². The van der Waals surface area contributed by atoms with Gasteiger partial charge in [-0.15, -0.1) is 6.58 Å². The van der Waals surface area contributed by atoms with E-state index in [9.17, 15) is 13.2 Å². The summed E-state index contributed by atoms with van der Waals surface area (Å²) >= 11 is 0. The molecule has 0 spiro atoms. The number of nitrogens with one attached hydrogen (secondary N) is 1. The molecule has 7 nitrogen and oxygen atoms in total. The van der Waals surface area contributed by atoms with Gasteiger partial charge in [-0.05, 0) is 18.6 Å². The molecule has 0 radical (unpaired) electrons. The lowest BCUT2D eigenvalue weighted by molar-refractivity contribution is 0.0690. The molecule has 1 aliphatic heterocycles. The van der Waals surface area contributed by atoms with Gasteiger partial charge in [-0.3, -0.25) is 0 Å². The van der Waals surface area contributed by atoms with Gasteiger partial charge < -0.3 is 9.84 Å². The minimum atomic E-state index is -3.72. The summed E-state index contributed by atoms with van der Waals surface area (Å²) in [6.45, 7) is 4.47. The van der Waals surface area contributed by atoms with Gasteiger partial charge in [0.25, 0.3) is 0 Å². The van der Waals surface area contributed by atoms with Gasteiger partial charge in [-0.2, -0.15) is 0 Å². The lowest BCUT2D eigenvalue weighted by atomic mass is 10.0. The van der Waals surface area contributed by atoms with E-state index in [1.54, 1.807) is 6.08 Å². The predicted molar refractivity (Wildman–Crippen MR) is 74.4 cm³/mol. The molecule has 2 rings (SSSR count). The van der Waals surface area contributed by atoms with Crippen LogP contribution in [0.25, 0.3) is 0 Å². The van der Waals surface area contributed by atoms with Crippen molar-refractivity contribution in [2.24, 2.45) is 5.92 Å². The number of pyridine rings is 1. The van der Waals surface area contributed by atoms with Crippen molar-refractivity contribution in [1.29, 1.82) is 0 Å². The average Bonchev–Trinajstić information content (AvgIpc) is 2.93. The SMILES string of the molecule is C=C[C@@H]1OCC[C@H]1CNS(=O)(=O)c1ccc(C(=O)O)nc1. The molecule has 1 aliphatic rings. The van der Waals surface area contributed by atoms with Crippen molar-refractivity contribution in [2.75, 3.05) is 13.2 Å². The molecule has 0 bridgehead atoms. The standard InChI is InChI=1S/C13H16N2O5S/c1-2-12-9(5-6-20-12)7-15-21(18,19)10-3-4-11(13(16)17)14-8-10/h2-4,8-9,12,15H,1,5-7H2,(H,16,17)/t9-,12-/m0/s1. The third kappa shape index (κ3) is 3.66. The third-order valence-electron chi connectivity index (χ3n) is 3.30. The van der Waals surface area contributed by atoms with E-state index < -0.39 is 16.0 Å². The Morgan fingerprint density at radius 3 is 2.90 bits per heavy atom. The molecule has 8 heteroatoms. The van der Waals surface area contributed by atoms with E-state index in [1.807, 2.05) is 0 Å². The van der Waals surface area contributed by atoms with Crippen LogP contribution in [0.3, 0.4) is 0 Å². The summed E-state index contributed by atoms with van der Waals surface area (Å²) < 4.78 is 32.1. The van der Waals surface area contributed by atoms with Gasteiger partial charge in [0.1, 0.15) is 10.6 Å².